The molecule has 0 spiro atoms. The molecular weight excluding hydrogens is 266 g/mol. The molecule has 1 aromatic heterocycles. The lowest BCUT2D eigenvalue weighted by Gasteiger charge is -2.14. The van der Waals surface area contributed by atoms with Gasteiger partial charge in [-0.25, -0.2) is 0 Å². The summed E-state index contributed by atoms with van der Waals surface area (Å²) in [5.41, 5.74) is 10.2. The fourth-order valence-electron chi connectivity index (χ4n) is 2.52. The van der Waals surface area contributed by atoms with Crippen LogP contribution in [0.2, 0.25) is 0 Å². The van der Waals surface area contributed by atoms with Gasteiger partial charge in [-0.3, -0.25) is 4.68 Å². The normalized spacial score (nSPS) is 10.7. The van der Waals surface area contributed by atoms with Gasteiger partial charge in [0.05, 0.1) is 19.9 Å². The molecule has 2 N–H and O–H groups in total. The molecule has 0 saturated carbocycles. The number of rotatable bonds is 6. The smallest absolute Gasteiger partial charge is 0.161 e. The molecule has 1 aromatic carbocycles. The summed E-state index contributed by atoms with van der Waals surface area (Å²) in [7, 11) is 5.20. The van der Waals surface area contributed by atoms with Gasteiger partial charge >= 0.3 is 0 Å². The zero-order valence-electron chi connectivity index (χ0n) is 13.1. The van der Waals surface area contributed by atoms with Gasteiger partial charge in [-0.2, -0.15) is 5.10 Å². The zero-order chi connectivity index (χ0) is 15.4. The van der Waals surface area contributed by atoms with Crippen molar-refractivity contribution in [1.82, 2.24) is 9.78 Å². The first-order chi connectivity index (χ1) is 10.1. The Balaban J connectivity index is 2.62. The summed E-state index contributed by atoms with van der Waals surface area (Å²) >= 11 is 0. The molecule has 0 aliphatic rings. The average molecular weight is 289 g/mol. The molecule has 5 nitrogen and oxygen atoms in total. The first-order valence-corrected chi connectivity index (χ1v) is 7.12. The largest absolute Gasteiger partial charge is 0.493 e. The molecule has 0 radical (unpaired) electrons. The number of methoxy groups -OCH3 is 2. The van der Waals surface area contributed by atoms with Crippen molar-refractivity contribution in [3.8, 4) is 22.6 Å². The molecule has 2 rings (SSSR count). The van der Waals surface area contributed by atoms with Crippen LogP contribution in [0.3, 0.4) is 0 Å². The lowest BCUT2D eigenvalue weighted by atomic mass is 9.98. The van der Waals surface area contributed by atoms with Crippen LogP contribution in [0.25, 0.3) is 11.1 Å². The van der Waals surface area contributed by atoms with Gasteiger partial charge < -0.3 is 15.2 Å². The van der Waals surface area contributed by atoms with Crippen LogP contribution in [0.1, 0.15) is 24.6 Å². The van der Waals surface area contributed by atoms with E-state index >= 15 is 0 Å². The van der Waals surface area contributed by atoms with Crippen molar-refractivity contribution >= 4 is 0 Å². The summed E-state index contributed by atoms with van der Waals surface area (Å²) in [5, 5.41) is 4.55. The summed E-state index contributed by atoms with van der Waals surface area (Å²) in [4.78, 5) is 0. The molecule has 5 heteroatoms. The van der Waals surface area contributed by atoms with Crippen molar-refractivity contribution in [3.63, 3.8) is 0 Å². The standard InChI is InChI=1S/C16H23N3O2/c1-5-6-14-13(10-19(2)18-14)12-8-16(21-4)15(20-3)7-11(12)9-17/h7-8,10H,5-6,9,17H2,1-4H3. The predicted octanol–water partition coefficient (Wildman–Crippen LogP) is 2.52. The van der Waals surface area contributed by atoms with Crippen LogP contribution in [0, 0.1) is 0 Å². The third kappa shape index (κ3) is 3.03. The van der Waals surface area contributed by atoms with E-state index in [1.807, 2.05) is 30.1 Å². The van der Waals surface area contributed by atoms with E-state index in [4.69, 9.17) is 15.2 Å². The number of benzene rings is 1. The van der Waals surface area contributed by atoms with Crippen molar-refractivity contribution in [1.29, 1.82) is 0 Å². The summed E-state index contributed by atoms with van der Waals surface area (Å²) in [6.45, 7) is 2.59. The van der Waals surface area contributed by atoms with Gasteiger partial charge in [-0.05, 0) is 29.7 Å². The van der Waals surface area contributed by atoms with Gasteiger partial charge in [-0.15, -0.1) is 0 Å². The van der Waals surface area contributed by atoms with Crippen LogP contribution in [-0.2, 0) is 20.0 Å². The van der Waals surface area contributed by atoms with Crippen molar-refractivity contribution < 1.29 is 9.47 Å². The Morgan fingerprint density at radius 1 is 1.14 bits per heavy atom. The minimum absolute atomic E-state index is 0.441. The van der Waals surface area contributed by atoms with E-state index in [-0.39, 0.29) is 0 Å². The number of hydrogen-bond acceptors (Lipinski definition) is 4. The Morgan fingerprint density at radius 2 is 1.81 bits per heavy atom. The molecular formula is C16H23N3O2. The first kappa shape index (κ1) is 15.4. The second-order valence-corrected chi connectivity index (χ2v) is 4.98. The highest BCUT2D eigenvalue weighted by Gasteiger charge is 2.16. The van der Waals surface area contributed by atoms with Crippen LogP contribution in [0.15, 0.2) is 18.3 Å². The van der Waals surface area contributed by atoms with Crippen LogP contribution in [0.4, 0.5) is 0 Å². The molecule has 0 amide bonds. The molecule has 21 heavy (non-hydrogen) atoms. The zero-order valence-corrected chi connectivity index (χ0v) is 13.1. The van der Waals surface area contributed by atoms with E-state index in [1.165, 1.54) is 0 Å². The third-order valence-corrected chi connectivity index (χ3v) is 3.51. The van der Waals surface area contributed by atoms with E-state index < -0.39 is 0 Å². The molecule has 0 aliphatic carbocycles. The quantitative estimate of drug-likeness (QED) is 0.887. The Labute approximate surface area is 125 Å². The van der Waals surface area contributed by atoms with E-state index in [0.29, 0.717) is 18.0 Å². The van der Waals surface area contributed by atoms with Crippen molar-refractivity contribution in [3.05, 3.63) is 29.6 Å². The number of nitrogens with two attached hydrogens (primary N) is 1. The molecule has 0 atom stereocenters. The summed E-state index contributed by atoms with van der Waals surface area (Å²) in [6, 6.07) is 3.92. The highest BCUT2D eigenvalue weighted by molar-refractivity contribution is 5.72. The van der Waals surface area contributed by atoms with Gasteiger partial charge in [-0.1, -0.05) is 13.3 Å². The molecule has 114 valence electrons. The summed E-state index contributed by atoms with van der Waals surface area (Å²) in [6.07, 6.45) is 4.02. The minimum atomic E-state index is 0.441. The van der Waals surface area contributed by atoms with Gasteiger partial charge in [0.25, 0.3) is 0 Å². The Morgan fingerprint density at radius 3 is 2.38 bits per heavy atom. The maximum absolute atomic E-state index is 5.91. The van der Waals surface area contributed by atoms with Crippen LogP contribution >= 0.6 is 0 Å². The number of aromatic nitrogens is 2. The highest BCUT2D eigenvalue weighted by Crippen LogP contribution is 2.36. The Kier molecular flexibility index (Phi) is 4.85. The van der Waals surface area contributed by atoms with E-state index in [0.717, 1.165) is 35.2 Å². The molecule has 0 fully saturated rings. The molecule has 1 heterocycles. The number of nitrogens with zero attached hydrogens (tertiary/aromatic N) is 2. The summed E-state index contributed by atoms with van der Waals surface area (Å²) < 4.78 is 12.6. The third-order valence-electron chi connectivity index (χ3n) is 3.51. The van der Waals surface area contributed by atoms with Crippen molar-refractivity contribution in [2.45, 2.75) is 26.3 Å². The summed E-state index contributed by atoms with van der Waals surface area (Å²) in [5.74, 6) is 1.40. The van der Waals surface area contributed by atoms with E-state index in [9.17, 15) is 0 Å². The SMILES string of the molecule is CCCc1nn(C)cc1-c1cc(OC)c(OC)cc1CN. The Bertz CT molecular complexity index is 620. The lowest BCUT2D eigenvalue weighted by molar-refractivity contribution is 0.354. The van der Waals surface area contributed by atoms with Crippen LogP contribution in [-0.4, -0.2) is 24.0 Å². The van der Waals surface area contributed by atoms with E-state index in [1.54, 1.807) is 14.2 Å². The first-order valence-electron chi connectivity index (χ1n) is 7.12. The lowest BCUT2D eigenvalue weighted by Crippen LogP contribution is -2.02. The monoisotopic (exact) mass is 289 g/mol. The van der Waals surface area contributed by atoms with Gasteiger partial charge in [0, 0.05) is 25.4 Å². The van der Waals surface area contributed by atoms with Crippen LogP contribution in [0.5, 0.6) is 11.5 Å². The molecule has 0 bridgehead atoms. The maximum Gasteiger partial charge on any atom is 0.161 e. The molecule has 0 unspecified atom stereocenters. The van der Waals surface area contributed by atoms with Crippen LogP contribution < -0.4 is 15.2 Å². The number of ether oxygens (including phenoxy) is 2. The highest BCUT2D eigenvalue weighted by atomic mass is 16.5. The predicted molar refractivity (Wildman–Crippen MR) is 83.6 cm³/mol. The van der Waals surface area contributed by atoms with E-state index in [2.05, 4.69) is 12.0 Å². The fourth-order valence-corrected chi connectivity index (χ4v) is 2.52. The molecule has 0 aliphatic heterocycles. The minimum Gasteiger partial charge on any atom is -0.493 e. The number of hydrogen-bond donors (Lipinski definition) is 1. The number of aryl methyl sites for hydroxylation is 2. The second kappa shape index (κ2) is 6.63. The molecule has 0 saturated heterocycles. The maximum atomic E-state index is 5.91. The topological polar surface area (TPSA) is 62.3 Å². The Hall–Kier alpha value is -2.01. The fraction of sp³-hybridized carbons (Fsp3) is 0.438. The average Bonchev–Trinajstić information content (AvgIpc) is 2.86. The molecule has 2 aromatic rings. The van der Waals surface area contributed by atoms with Gasteiger partial charge in [0.2, 0.25) is 0 Å². The van der Waals surface area contributed by atoms with Gasteiger partial charge in [0.1, 0.15) is 0 Å². The van der Waals surface area contributed by atoms with Crippen molar-refractivity contribution in [2.75, 3.05) is 14.2 Å². The van der Waals surface area contributed by atoms with Gasteiger partial charge in [0.15, 0.2) is 11.5 Å². The van der Waals surface area contributed by atoms with Crippen molar-refractivity contribution in [2.24, 2.45) is 12.8 Å². The second-order valence-electron chi connectivity index (χ2n) is 4.98.